The summed E-state index contributed by atoms with van der Waals surface area (Å²) in [6, 6.07) is 0. The van der Waals surface area contributed by atoms with Crippen LogP contribution >= 0.6 is 11.8 Å². The Balaban J connectivity index is 0.0000116. The number of aliphatic hydroxyl groups is 23. The molecule has 24 unspecified atom stereocenters. The molecule has 30 fully saturated rings. The van der Waals surface area contributed by atoms with Gasteiger partial charge in [-0.3, -0.25) is 0 Å². The molecule has 0 aliphatic carbocycles. The Kier molecular flexibility index (Phi) is 29.6. The van der Waals surface area contributed by atoms with Gasteiger partial charge < -0.3 is 203 Å². The molecular formula is C52H85NaO41S. The summed E-state index contributed by atoms with van der Waals surface area (Å²) >= 11 is 1.00. The van der Waals surface area contributed by atoms with Crippen LogP contribution < -0.4 is 34.7 Å². The predicted molar refractivity (Wildman–Crippen MR) is 286 cm³/mol. The van der Waals surface area contributed by atoms with E-state index in [9.17, 15) is 127 Å². The maximum atomic E-state index is 11.8. The molecule has 16 bridgehead atoms. The van der Waals surface area contributed by atoms with Crippen molar-refractivity contribution in [1.82, 2.24) is 0 Å². The number of ether oxygens (including phenoxy) is 16. The molecule has 0 amide bonds. The van der Waals surface area contributed by atoms with Crippen molar-refractivity contribution in [3.05, 3.63) is 0 Å². The maximum Gasteiger partial charge on any atom is 1.00 e. The summed E-state index contributed by atoms with van der Waals surface area (Å²) < 4.78 is 92.4. The van der Waals surface area contributed by atoms with Crippen LogP contribution in [-0.4, -0.2) is 427 Å². The minimum absolute atomic E-state index is 0. The Bertz CT molecular complexity index is 2320. The van der Waals surface area contributed by atoms with Gasteiger partial charge in [0.2, 0.25) is 0 Å². The van der Waals surface area contributed by atoms with E-state index in [1.165, 1.54) is 0 Å². The average Bonchev–Trinajstić information content (AvgIpc) is 0.781. The molecule has 0 aromatic carbocycles. The van der Waals surface area contributed by atoms with Gasteiger partial charge in [0, 0.05) is 11.7 Å². The summed E-state index contributed by atoms with van der Waals surface area (Å²) in [6.07, 6.45) is -82.2. The molecule has 0 radical (unpaired) electrons. The first-order chi connectivity index (χ1) is 44.7. The molecule has 546 valence electrons. The second kappa shape index (κ2) is 35.2. The molecule has 30 aliphatic heterocycles. The topological polar surface area (TPSA) is 653 Å². The summed E-state index contributed by atoms with van der Waals surface area (Å²) in [4.78, 5) is 11.2. The summed E-state index contributed by atoms with van der Waals surface area (Å²) in [5.74, 6) is -1.55. The first kappa shape index (κ1) is 80.0. The van der Waals surface area contributed by atoms with E-state index >= 15 is 0 Å². The van der Waals surface area contributed by atoms with Gasteiger partial charge in [-0.15, -0.1) is 0 Å². The van der Waals surface area contributed by atoms with Gasteiger partial charge in [-0.25, -0.2) is 0 Å². The van der Waals surface area contributed by atoms with E-state index in [-0.39, 0.29) is 53.9 Å². The zero-order valence-electron chi connectivity index (χ0n) is 50.4. The van der Waals surface area contributed by atoms with E-state index in [1.807, 2.05) is 0 Å². The van der Waals surface area contributed by atoms with Crippen molar-refractivity contribution in [2.24, 2.45) is 0 Å². The van der Waals surface area contributed by atoms with Gasteiger partial charge in [0.15, 0.2) is 50.3 Å². The minimum atomic E-state index is -2.26. The fourth-order valence-electron chi connectivity index (χ4n) is 12.4. The number of carbonyl (C=O) groups excluding carboxylic acids is 1. The Morgan fingerprint density at radius 3 is 0.579 bits per heavy atom. The molecule has 23 N–H and O–H groups in total. The largest absolute Gasteiger partial charge is 1.00 e. The molecule has 0 aromatic heterocycles. The third-order valence-corrected chi connectivity index (χ3v) is 18.8. The predicted octanol–water partition coefficient (Wildman–Crippen LogP) is -20.1. The van der Waals surface area contributed by atoms with Crippen LogP contribution in [0.3, 0.4) is 0 Å². The quantitative estimate of drug-likeness (QED) is 0.0601. The number of hydrogen-bond donors (Lipinski definition) is 23. The van der Waals surface area contributed by atoms with Gasteiger partial charge >= 0.3 is 29.6 Å². The number of carboxylic acid groups (broad SMARTS) is 1. The third-order valence-electron chi connectivity index (χ3n) is 17.7. The second-order valence-electron chi connectivity index (χ2n) is 23.8. The van der Waals surface area contributed by atoms with Crippen molar-refractivity contribution in [3.8, 4) is 0 Å². The van der Waals surface area contributed by atoms with Crippen LogP contribution in [0.15, 0.2) is 0 Å². The van der Waals surface area contributed by atoms with Crippen LogP contribution in [0, 0.1) is 0 Å². The van der Waals surface area contributed by atoms with Gasteiger partial charge in [0.1, 0.15) is 189 Å². The number of aliphatic carboxylic acids is 1. The van der Waals surface area contributed by atoms with Crippen LogP contribution in [0.5, 0.6) is 0 Å². The first-order valence-corrected chi connectivity index (χ1v) is 31.3. The van der Waals surface area contributed by atoms with Crippen molar-refractivity contribution in [2.75, 3.05) is 57.8 Å². The van der Waals surface area contributed by atoms with E-state index in [0.717, 1.165) is 11.8 Å². The van der Waals surface area contributed by atoms with Crippen molar-refractivity contribution in [1.29, 1.82) is 0 Å². The van der Waals surface area contributed by atoms with Crippen molar-refractivity contribution in [2.45, 2.75) is 258 Å². The molecule has 43 heteroatoms. The number of thioether (sulfide) groups is 1. The van der Waals surface area contributed by atoms with Crippen molar-refractivity contribution in [3.63, 3.8) is 0 Å². The van der Waals surface area contributed by atoms with Crippen molar-refractivity contribution >= 4 is 17.7 Å². The third kappa shape index (κ3) is 17.1. The molecule has 30 aliphatic rings. The Hall–Kier alpha value is -0.740. The number of rotatable bonds is 13. The monoisotopic (exact) mass is 1420 g/mol. The molecule has 0 spiro atoms. The molecule has 30 saturated heterocycles. The normalized spacial score (nSPS) is 52.0. The molecule has 0 aromatic rings. The van der Waals surface area contributed by atoms with Crippen molar-refractivity contribution < 1.29 is 233 Å². The summed E-state index contributed by atoms with van der Waals surface area (Å²) in [7, 11) is 0. The number of carboxylic acids is 1. The average molecular weight is 1420 g/mol. The van der Waals surface area contributed by atoms with E-state index in [0.29, 0.717) is 0 Å². The standard InChI is InChI=1S/C52H86O41S.Na/c53-4-12-37-21(62)29(70)45(78-12)87-38-13(5-54)80-47(31(72)23(38)64)89-40-15(7-56)82-49(33(74)25(40)66)91-42-17(9-58)84-51(35(76)27(42)68)93-44-19(11-94-3-1-2-20(60)61)85-52(36(77)28(44)69)92-43-18(10-59)83-50(34(75)26(43)67)90-41-16(8-57)81-48(32(73)24(41)65)88-39-14(6-55)79-46(86-37)30(71)22(39)63;/h12-19,21-59,62-77H,1-11H2,(H,60,61);/q;+1/p-1/t12?,13?,14?,15?,16?,17?,18?,19?,21?,22?,23?,24?,25?,26?,27?,28?,29?,30?,31?,32?,33?,34?,35?,36?,37-,38-,39-,40-,41-,42-,43-,44-,45-,46-,47-,48-,49-,50-,51-,52-;/m1./s1. The van der Waals surface area contributed by atoms with Crippen LogP contribution in [0.4, 0.5) is 0 Å². The zero-order valence-corrected chi connectivity index (χ0v) is 53.2. The Morgan fingerprint density at radius 1 is 0.263 bits per heavy atom. The molecule has 30 rings (SSSR count). The summed E-state index contributed by atoms with van der Waals surface area (Å²) in [5.41, 5.74) is 0. The van der Waals surface area contributed by atoms with Crippen LogP contribution in [0.25, 0.3) is 0 Å². The SMILES string of the molecule is O=C([O-])CCCSCC1O[C@@H]2O[C@@H]3C(CO)O[C@H](O[C@@H]4C(CO)O[C@H](O[C@@H]5C(CO)O[C@H](O[C@@H]6C(CO)O[C@H](O[C@@H]7C(CO)O[C@H](O[C@@H]8C(CO)O[C@H](O[C@@H]9C(CO)O[C@H](O[C@H]1C(O)C2O)C(O)C9O)C(O)C8O)C(O)C7O)C(O)C6O)C(O)C5O)C(O)C4O)C(O)C3O.[Na+]. The van der Waals surface area contributed by atoms with Gasteiger partial charge in [0.25, 0.3) is 0 Å². The first-order valence-electron chi connectivity index (χ1n) is 30.2. The van der Waals surface area contributed by atoms with Gasteiger partial charge in [-0.1, -0.05) is 0 Å². The summed E-state index contributed by atoms with van der Waals surface area (Å²) in [6.45, 7) is -7.61. The smallest absolute Gasteiger partial charge is 0.550 e. The van der Waals surface area contributed by atoms with E-state index in [1.54, 1.807) is 0 Å². The molecule has 30 heterocycles. The van der Waals surface area contributed by atoms with Crippen LogP contribution in [-0.2, 0) is 80.6 Å². The Labute approximate surface area is 564 Å². The van der Waals surface area contributed by atoms with Crippen LogP contribution in [0.2, 0.25) is 0 Å². The molecular weight excluding hydrogens is 1340 g/mol. The second-order valence-corrected chi connectivity index (χ2v) is 25.0. The molecule has 95 heavy (non-hydrogen) atoms. The number of aliphatic hydroxyl groups excluding tert-OH is 23. The van der Waals surface area contributed by atoms with Gasteiger partial charge in [-0.2, -0.15) is 11.8 Å². The molecule has 0 saturated carbocycles. The van der Waals surface area contributed by atoms with E-state index in [4.69, 9.17) is 75.8 Å². The van der Waals surface area contributed by atoms with E-state index in [2.05, 4.69) is 0 Å². The minimum Gasteiger partial charge on any atom is -0.550 e. The van der Waals surface area contributed by atoms with Gasteiger partial charge in [-0.05, 0) is 18.6 Å². The molecule has 41 nitrogen and oxygen atoms in total. The van der Waals surface area contributed by atoms with Crippen LogP contribution in [0.1, 0.15) is 12.8 Å². The number of carbonyl (C=O) groups is 1. The van der Waals surface area contributed by atoms with E-state index < -0.39 is 298 Å². The maximum absolute atomic E-state index is 11.8. The molecule has 40 atom stereocenters. The zero-order chi connectivity index (χ0) is 68.5. The Morgan fingerprint density at radius 2 is 0.421 bits per heavy atom. The number of hydrogen-bond acceptors (Lipinski definition) is 42. The fraction of sp³-hybridized carbons (Fsp3) is 0.981. The summed E-state index contributed by atoms with van der Waals surface area (Å²) in [5, 5.41) is 268. The van der Waals surface area contributed by atoms with Gasteiger partial charge in [0.05, 0.1) is 52.4 Å². The fourth-order valence-corrected chi connectivity index (χ4v) is 13.4.